The van der Waals surface area contributed by atoms with Crippen LogP contribution < -0.4 is 0 Å². The number of hydrogen-bond acceptors (Lipinski definition) is 1. The van der Waals surface area contributed by atoms with Gasteiger partial charge >= 0.3 is 4.74 Å². The highest BCUT2D eigenvalue weighted by atomic mass is 79.9. The molecule has 0 amide bonds. The largest absolute Gasteiger partial charge is 0.362 e. The van der Waals surface area contributed by atoms with Gasteiger partial charge in [-0.15, -0.1) is 0 Å². The van der Waals surface area contributed by atoms with Crippen LogP contribution in [0.1, 0.15) is 0 Å². The minimum Gasteiger partial charge on any atom is -0.246 e. The Hall–Kier alpha value is 0.300. The molecule has 0 bridgehead atoms. The van der Waals surface area contributed by atoms with Gasteiger partial charge in [0, 0.05) is 15.9 Å². The van der Waals surface area contributed by atoms with Crippen molar-refractivity contribution >= 4 is 41.2 Å². The van der Waals surface area contributed by atoms with E-state index in [0.29, 0.717) is 0 Å². The smallest absolute Gasteiger partial charge is 0.246 e. The van der Waals surface area contributed by atoms with Gasteiger partial charge in [-0.05, 0) is 4.99 Å². The van der Waals surface area contributed by atoms with Crippen LogP contribution in [-0.4, -0.2) is 27.5 Å². The van der Waals surface area contributed by atoms with Gasteiger partial charge in [-0.3, -0.25) is 0 Å². The lowest BCUT2D eigenvalue weighted by atomic mass is 10.7. The predicted molar refractivity (Wildman–Crippen MR) is 41.3 cm³/mol. The van der Waals surface area contributed by atoms with Crippen molar-refractivity contribution in [2.45, 2.75) is 0 Å². The number of aliphatic imine (C=N–C) groups is 1. The van der Waals surface area contributed by atoms with E-state index in [1.54, 1.807) is 0 Å². The maximum absolute atomic E-state index is 4.06. The summed E-state index contributed by atoms with van der Waals surface area (Å²) in [4.78, 5) is 4.06. The summed E-state index contributed by atoms with van der Waals surface area (Å²) in [6.45, 7) is 0.876. The molecule has 0 aromatic carbocycles. The van der Waals surface area contributed by atoms with Gasteiger partial charge in [0.05, 0.1) is 23.0 Å². The lowest BCUT2D eigenvalue weighted by molar-refractivity contribution is -0.474. The first-order valence-corrected chi connectivity index (χ1v) is 3.75. The summed E-state index contributed by atoms with van der Waals surface area (Å²) in [5, 5.41) is 0. The third-order valence-corrected chi connectivity index (χ3v) is 2.11. The SMILES string of the molecule is C[N+]1=C(Br)N=C(Br)C1. The average molecular weight is 241 g/mol. The molecule has 0 saturated carbocycles. The molecule has 1 aliphatic heterocycles. The van der Waals surface area contributed by atoms with Crippen LogP contribution in [-0.2, 0) is 0 Å². The molecule has 1 rings (SSSR count). The standard InChI is InChI=1S/C4H5Br2N2/c1-8-2-3(5)7-4(8)6/h2H2,1H3/q+1. The van der Waals surface area contributed by atoms with Gasteiger partial charge in [0.1, 0.15) is 0 Å². The molecule has 0 radical (unpaired) electrons. The molecule has 44 valence electrons. The second kappa shape index (κ2) is 2.27. The van der Waals surface area contributed by atoms with Crippen LogP contribution in [0, 0.1) is 0 Å². The lowest BCUT2D eigenvalue weighted by Gasteiger charge is -1.83. The second-order valence-electron chi connectivity index (χ2n) is 1.61. The molecular formula is C4H5Br2N2+. The first-order chi connectivity index (χ1) is 3.70. The molecule has 4 heteroatoms. The topological polar surface area (TPSA) is 15.4 Å². The van der Waals surface area contributed by atoms with Crippen molar-refractivity contribution in [2.24, 2.45) is 4.99 Å². The molecule has 0 spiro atoms. The Morgan fingerprint density at radius 1 is 1.62 bits per heavy atom. The van der Waals surface area contributed by atoms with Crippen molar-refractivity contribution in [3.8, 4) is 0 Å². The van der Waals surface area contributed by atoms with E-state index in [-0.39, 0.29) is 0 Å². The van der Waals surface area contributed by atoms with Gasteiger partial charge in [-0.25, -0.2) is 4.58 Å². The number of nitrogens with zero attached hydrogens (tertiary/aromatic N) is 2. The molecule has 0 aromatic rings. The van der Waals surface area contributed by atoms with Crippen LogP contribution in [0.15, 0.2) is 4.99 Å². The molecule has 2 nitrogen and oxygen atoms in total. The molecule has 1 heterocycles. The van der Waals surface area contributed by atoms with Gasteiger partial charge in [0.2, 0.25) is 4.62 Å². The zero-order chi connectivity index (χ0) is 6.15. The molecular weight excluding hydrogens is 236 g/mol. The molecule has 0 fully saturated rings. The summed E-state index contributed by atoms with van der Waals surface area (Å²) in [6, 6.07) is 0. The maximum atomic E-state index is 4.06. The Labute approximate surface area is 64.6 Å². The normalized spacial score (nSPS) is 19.6. The fourth-order valence-electron chi connectivity index (χ4n) is 0.482. The lowest BCUT2D eigenvalue weighted by Crippen LogP contribution is -2.07. The van der Waals surface area contributed by atoms with Crippen LogP contribution in [0.4, 0.5) is 0 Å². The Kier molecular flexibility index (Phi) is 1.82. The molecule has 0 unspecified atom stereocenters. The fourth-order valence-corrected chi connectivity index (χ4v) is 1.60. The van der Waals surface area contributed by atoms with Gasteiger partial charge in [0.15, 0.2) is 6.54 Å². The molecule has 0 aliphatic carbocycles. The van der Waals surface area contributed by atoms with E-state index in [2.05, 4.69) is 36.9 Å². The van der Waals surface area contributed by atoms with E-state index in [1.165, 1.54) is 0 Å². The van der Waals surface area contributed by atoms with Gasteiger partial charge in [0.25, 0.3) is 0 Å². The van der Waals surface area contributed by atoms with Crippen molar-refractivity contribution in [2.75, 3.05) is 13.6 Å². The highest BCUT2D eigenvalue weighted by Crippen LogP contribution is 2.03. The predicted octanol–water partition coefficient (Wildman–Crippen LogP) is 1.19. The van der Waals surface area contributed by atoms with Crippen LogP contribution in [0.25, 0.3) is 0 Å². The summed E-state index contributed by atoms with van der Waals surface area (Å²) in [7, 11) is 1.97. The summed E-state index contributed by atoms with van der Waals surface area (Å²) in [5.74, 6) is 0. The zero-order valence-electron chi connectivity index (χ0n) is 4.36. The van der Waals surface area contributed by atoms with Crippen molar-refractivity contribution in [3.05, 3.63) is 0 Å². The van der Waals surface area contributed by atoms with E-state index in [4.69, 9.17) is 0 Å². The van der Waals surface area contributed by atoms with Gasteiger partial charge in [-0.2, -0.15) is 0 Å². The molecule has 1 aliphatic rings. The minimum atomic E-state index is 0.876. The average Bonchev–Trinajstić information content (AvgIpc) is 1.85. The monoisotopic (exact) mass is 239 g/mol. The van der Waals surface area contributed by atoms with Crippen molar-refractivity contribution in [3.63, 3.8) is 0 Å². The van der Waals surface area contributed by atoms with Crippen molar-refractivity contribution in [1.82, 2.24) is 0 Å². The van der Waals surface area contributed by atoms with Crippen LogP contribution in [0.5, 0.6) is 0 Å². The molecule has 8 heavy (non-hydrogen) atoms. The highest BCUT2D eigenvalue weighted by molar-refractivity contribution is 9.19. The van der Waals surface area contributed by atoms with E-state index in [1.807, 2.05) is 11.6 Å². The third-order valence-electron chi connectivity index (χ3n) is 0.896. The van der Waals surface area contributed by atoms with Crippen LogP contribution >= 0.6 is 31.9 Å². The Balaban J connectivity index is 2.79. The second-order valence-corrected chi connectivity index (χ2v) is 3.24. The molecule has 0 N–H and O–H groups in total. The van der Waals surface area contributed by atoms with E-state index in [9.17, 15) is 0 Å². The van der Waals surface area contributed by atoms with Gasteiger partial charge in [-0.1, -0.05) is 0 Å². The third kappa shape index (κ3) is 1.17. The van der Waals surface area contributed by atoms with E-state index in [0.717, 1.165) is 15.9 Å². The van der Waals surface area contributed by atoms with Crippen LogP contribution in [0.3, 0.4) is 0 Å². The highest BCUT2D eigenvalue weighted by Gasteiger charge is 2.18. The van der Waals surface area contributed by atoms with E-state index < -0.39 is 0 Å². The molecule has 0 saturated heterocycles. The van der Waals surface area contributed by atoms with Crippen molar-refractivity contribution in [1.29, 1.82) is 0 Å². The van der Waals surface area contributed by atoms with Gasteiger partial charge < -0.3 is 0 Å². The van der Waals surface area contributed by atoms with E-state index >= 15 is 0 Å². The Bertz CT molecular complexity index is 171. The summed E-state index contributed by atoms with van der Waals surface area (Å²) >= 11 is 6.55. The summed E-state index contributed by atoms with van der Waals surface area (Å²) in [6.07, 6.45) is 0. The summed E-state index contributed by atoms with van der Waals surface area (Å²) in [5.41, 5.74) is 0. The number of rotatable bonds is 0. The maximum Gasteiger partial charge on any atom is 0.362 e. The molecule has 0 aromatic heterocycles. The number of halogens is 2. The zero-order valence-corrected chi connectivity index (χ0v) is 7.53. The summed E-state index contributed by atoms with van der Waals surface area (Å²) < 4.78 is 3.88. The van der Waals surface area contributed by atoms with Crippen molar-refractivity contribution < 1.29 is 4.58 Å². The number of hydrogen-bond donors (Lipinski definition) is 0. The molecule has 0 atom stereocenters. The fraction of sp³-hybridized carbons (Fsp3) is 0.500. The minimum absolute atomic E-state index is 0.876. The Morgan fingerprint density at radius 2 is 2.25 bits per heavy atom. The Morgan fingerprint density at radius 3 is 2.38 bits per heavy atom. The number of amidine groups is 1. The first-order valence-electron chi connectivity index (χ1n) is 2.17. The van der Waals surface area contributed by atoms with Crippen LogP contribution in [0.2, 0.25) is 0 Å². The first kappa shape index (κ1) is 6.42. The quantitative estimate of drug-likeness (QED) is 0.447.